The van der Waals surface area contributed by atoms with Gasteiger partial charge in [0.05, 0.1) is 11.1 Å². The molecule has 0 saturated carbocycles. The van der Waals surface area contributed by atoms with E-state index in [0.717, 1.165) is 11.1 Å². The fraction of sp³-hybridized carbons (Fsp3) is 0. The van der Waals surface area contributed by atoms with Crippen molar-refractivity contribution in [2.45, 2.75) is 0 Å². The molecule has 0 aliphatic heterocycles. The molecule has 238 valence electrons. The summed E-state index contributed by atoms with van der Waals surface area (Å²) in [6, 6.07) is 28.4. The van der Waals surface area contributed by atoms with Crippen LogP contribution in [0.25, 0.3) is 66.1 Å². The third kappa shape index (κ3) is 4.27. The predicted molar refractivity (Wildman–Crippen MR) is 180 cm³/mol. The van der Waals surface area contributed by atoms with E-state index in [1.54, 1.807) is 36.4 Å². The minimum absolute atomic E-state index is 0.0768. The Hall–Kier alpha value is -6.94. The van der Waals surface area contributed by atoms with Crippen LogP contribution in [0.15, 0.2) is 97.1 Å². The van der Waals surface area contributed by atoms with Crippen molar-refractivity contribution in [3.63, 3.8) is 0 Å². The zero-order chi connectivity index (χ0) is 34.0. The molecule has 10 nitrogen and oxygen atoms in total. The van der Waals surface area contributed by atoms with Crippen LogP contribution in [0.5, 0.6) is 57.5 Å². The third-order valence-corrected chi connectivity index (χ3v) is 8.57. The Morgan fingerprint density at radius 2 is 0.521 bits per heavy atom. The van der Waals surface area contributed by atoms with Crippen LogP contribution in [0.4, 0.5) is 0 Å². The Balaban J connectivity index is 1.76. The van der Waals surface area contributed by atoms with E-state index in [0.29, 0.717) is 11.1 Å². The zero-order valence-electron chi connectivity index (χ0n) is 24.7. The van der Waals surface area contributed by atoms with Gasteiger partial charge in [0.1, 0.15) is 0 Å². The van der Waals surface area contributed by atoms with Crippen LogP contribution in [-0.4, -0.2) is 51.1 Å². The molecule has 0 unspecified atom stereocenters. The minimum atomic E-state index is -1.14. The zero-order valence-corrected chi connectivity index (χ0v) is 24.7. The van der Waals surface area contributed by atoms with Crippen LogP contribution in [0.1, 0.15) is 0 Å². The summed E-state index contributed by atoms with van der Waals surface area (Å²) in [6.07, 6.45) is 0. The van der Waals surface area contributed by atoms with Gasteiger partial charge in [-0.1, -0.05) is 84.9 Å². The molecule has 7 aromatic carbocycles. The minimum Gasteiger partial charge on any atom is -0.504 e. The van der Waals surface area contributed by atoms with Crippen molar-refractivity contribution in [2.24, 2.45) is 0 Å². The smallest absolute Gasteiger partial charge is 0.208 e. The molecule has 0 atom stereocenters. The van der Waals surface area contributed by atoms with Crippen molar-refractivity contribution in [2.75, 3.05) is 0 Å². The number of hydrogen-bond donors (Lipinski definition) is 10. The van der Waals surface area contributed by atoms with E-state index in [-0.39, 0.29) is 32.7 Å². The first-order valence-corrected chi connectivity index (χ1v) is 14.5. The average Bonchev–Trinajstić information content (AvgIpc) is 3.12. The lowest BCUT2D eigenvalue weighted by Crippen LogP contribution is -1.95. The standard InChI is InChI=1S/C38H26O10/c39-29-27(30(40)34(44)37(47)33(29)43)25-22-14-12-20(18-9-5-2-6-10-18)16-24(22)26(28-31(41)35(45)38(48)36(46)32(28)42)21-13-11-19(15-23(21)25)17-7-3-1-4-8-17/h1-16,39-48H. The van der Waals surface area contributed by atoms with Gasteiger partial charge in [-0.05, 0) is 55.9 Å². The Morgan fingerprint density at radius 1 is 0.229 bits per heavy atom. The Morgan fingerprint density at radius 3 is 0.833 bits per heavy atom. The summed E-state index contributed by atoms with van der Waals surface area (Å²) in [7, 11) is 0. The number of phenolic OH excluding ortho intramolecular Hbond substituents is 10. The number of phenols is 10. The van der Waals surface area contributed by atoms with Gasteiger partial charge in [-0.3, -0.25) is 0 Å². The number of aromatic hydroxyl groups is 10. The van der Waals surface area contributed by atoms with E-state index in [2.05, 4.69) is 0 Å². The van der Waals surface area contributed by atoms with Crippen LogP contribution in [0, 0.1) is 0 Å². The van der Waals surface area contributed by atoms with Crippen LogP contribution in [0.2, 0.25) is 0 Å². The molecule has 0 aliphatic carbocycles. The molecule has 0 radical (unpaired) electrons. The Kier molecular flexibility index (Phi) is 6.72. The first-order chi connectivity index (χ1) is 23.0. The largest absolute Gasteiger partial charge is 0.504 e. The molecule has 0 aliphatic rings. The van der Waals surface area contributed by atoms with Crippen molar-refractivity contribution in [3.05, 3.63) is 97.1 Å². The van der Waals surface area contributed by atoms with Gasteiger partial charge < -0.3 is 51.1 Å². The van der Waals surface area contributed by atoms with Gasteiger partial charge in [-0.25, -0.2) is 0 Å². The van der Waals surface area contributed by atoms with Gasteiger partial charge in [-0.15, -0.1) is 0 Å². The predicted octanol–water partition coefficient (Wildman–Crippen LogP) is 7.72. The van der Waals surface area contributed by atoms with Crippen molar-refractivity contribution in [1.82, 2.24) is 0 Å². The highest BCUT2D eigenvalue weighted by molar-refractivity contribution is 6.25. The van der Waals surface area contributed by atoms with Gasteiger partial charge >= 0.3 is 0 Å². The third-order valence-electron chi connectivity index (χ3n) is 8.57. The lowest BCUT2D eigenvalue weighted by molar-refractivity contribution is 0.330. The average molecular weight is 643 g/mol. The van der Waals surface area contributed by atoms with E-state index < -0.39 is 68.6 Å². The Bertz CT molecular complexity index is 2210. The molecule has 7 rings (SSSR count). The molecule has 0 heterocycles. The van der Waals surface area contributed by atoms with Crippen molar-refractivity contribution < 1.29 is 51.1 Å². The van der Waals surface area contributed by atoms with Gasteiger partial charge in [0.15, 0.2) is 23.0 Å². The highest BCUT2D eigenvalue weighted by Crippen LogP contribution is 2.61. The second kappa shape index (κ2) is 10.8. The van der Waals surface area contributed by atoms with E-state index in [9.17, 15) is 51.1 Å². The first-order valence-electron chi connectivity index (χ1n) is 14.5. The molecule has 0 bridgehead atoms. The van der Waals surface area contributed by atoms with Crippen LogP contribution in [0.3, 0.4) is 0 Å². The summed E-state index contributed by atoms with van der Waals surface area (Å²) in [5.74, 6) is -10.4. The monoisotopic (exact) mass is 642 g/mol. The maximum atomic E-state index is 11.2. The number of benzene rings is 7. The molecule has 10 N–H and O–H groups in total. The fourth-order valence-electron chi connectivity index (χ4n) is 6.23. The normalized spacial score (nSPS) is 11.3. The molecule has 0 aromatic heterocycles. The topological polar surface area (TPSA) is 202 Å². The van der Waals surface area contributed by atoms with Gasteiger partial charge in [0, 0.05) is 11.1 Å². The summed E-state index contributed by atoms with van der Waals surface area (Å²) in [5, 5.41) is 109. The fourth-order valence-corrected chi connectivity index (χ4v) is 6.23. The molecule has 0 spiro atoms. The van der Waals surface area contributed by atoms with Gasteiger partial charge in [0.25, 0.3) is 0 Å². The van der Waals surface area contributed by atoms with Crippen molar-refractivity contribution in [1.29, 1.82) is 0 Å². The SMILES string of the molecule is Oc1c(O)c(O)c(-c2c3ccc(-c4ccccc4)cc3c(-c3c(O)c(O)c(O)c(O)c3O)c3ccc(-c4ccccc4)cc23)c(O)c1O. The second-order valence-electron chi connectivity index (χ2n) is 11.2. The number of hydrogen-bond acceptors (Lipinski definition) is 10. The van der Waals surface area contributed by atoms with Gasteiger partial charge in [0.2, 0.25) is 34.5 Å². The van der Waals surface area contributed by atoms with Crippen LogP contribution >= 0.6 is 0 Å². The molecule has 0 amide bonds. The van der Waals surface area contributed by atoms with Gasteiger partial charge in [-0.2, -0.15) is 0 Å². The summed E-state index contributed by atoms with van der Waals surface area (Å²) < 4.78 is 0. The molecular formula is C38H26O10. The van der Waals surface area contributed by atoms with E-state index in [4.69, 9.17) is 0 Å². The van der Waals surface area contributed by atoms with Crippen molar-refractivity contribution in [3.8, 4) is 102 Å². The number of rotatable bonds is 4. The number of fused-ring (bicyclic) bond motifs is 2. The first kappa shape index (κ1) is 29.8. The maximum absolute atomic E-state index is 11.2. The Labute approximate surface area is 271 Å². The molecule has 0 fully saturated rings. The van der Waals surface area contributed by atoms with E-state index >= 15 is 0 Å². The van der Waals surface area contributed by atoms with E-state index in [1.165, 1.54) is 0 Å². The summed E-state index contributed by atoms with van der Waals surface area (Å²) in [5.41, 5.74) is 2.10. The quantitative estimate of drug-likeness (QED) is 0.0514. The molecule has 7 aromatic rings. The highest BCUT2D eigenvalue weighted by atomic mass is 16.4. The highest BCUT2D eigenvalue weighted by Gasteiger charge is 2.31. The van der Waals surface area contributed by atoms with Crippen LogP contribution < -0.4 is 0 Å². The van der Waals surface area contributed by atoms with E-state index in [1.807, 2.05) is 60.7 Å². The maximum Gasteiger partial charge on any atom is 0.208 e. The molecular weight excluding hydrogens is 616 g/mol. The second-order valence-corrected chi connectivity index (χ2v) is 11.2. The van der Waals surface area contributed by atoms with Crippen LogP contribution in [-0.2, 0) is 0 Å². The summed E-state index contributed by atoms with van der Waals surface area (Å²) in [6.45, 7) is 0. The lowest BCUT2D eigenvalue weighted by atomic mass is 9.82. The summed E-state index contributed by atoms with van der Waals surface area (Å²) >= 11 is 0. The van der Waals surface area contributed by atoms with Crippen molar-refractivity contribution >= 4 is 21.5 Å². The lowest BCUT2D eigenvalue weighted by Gasteiger charge is -2.22. The molecule has 10 heteroatoms. The summed E-state index contributed by atoms with van der Waals surface area (Å²) in [4.78, 5) is 0. The molecule has 0 saturated heterocycles. The molecule has 48 heavy (non-hydrogen) atoms.